The molecule has 1 atom stereocenters. The van der Waals surface area contributed by atoms with Gasteiger partial charge >= 0.3 is 5.97 Å². The highest BCUT2D eigenvalue weighted by Crippen LogP contribution is 2.15. The zero-order valence-electron chi connectivity index (χ0n) is 17.0. The predicted molar refractivity (Wildman–Crippen MR) is 113 cm³/mol. The lowest BCUT2D eigenvalue weighted by atomic mass is 9.98. The van der Waals surface area contributed by atoms with Crippen LogP contribution in [-0.2, 0) is 17.6 Å². The molecule has 0 amide bonds. The summed E-state index contributed by atoms with van der Waals surface area (Å²) >= 11 is 0. The molecule has 1 aromatic rings. The first-order valence-corrected chi connectivity index (χ1v) is 10.8. The molecule has 3 heteroatoms. The molecule has 0 aliphatic carbocycles. The minimum Gasteiger partial charge on any atom is -0.481 e. The predicted octanol–water partition coefficient (Wildman–Crippen LogP) is 6.08. The summed E-state index contributed by atoms with van der Waals surface area (Å²) in [6.45, 7) is 2.23. The molecule has 0 aromatic heterocycles. The minimum absolute atomic E-state index is 0.251. The van der Waals surface area contributed by atoms with Crippen LogP contribution in [0.4, 0.5) is 0 Å². The van der Waals surface area contributed by atoms with E-state index in [0.717, 1.165) is 44.9 Å². The Kier molecular flexibility index (Phi) is 13.4. The van der Waals surface area contributed by atoms with Crippen molar-refractivity contribution in [1.29, 1.82) is 0 Å². The number of carbonyl (C=O) groups is 1. The van der Waals surface area contributed by atoms with Gasteiger partial charge in [0.25, 0.3) is 0 Å². The molecule has 0 bridgehead atoms. The smallest absolute Gasteiger partial charge is 0.303 e. The van der Waals surface area contributed by atoms with E-state index < -0.39 is 5.97 Å². The van der Waals surface area contributed by atoms with Gasteiger partial charge in [-0.25, -0.2) is 0 Å². The van der Waals surface area contributed by atoms with Gasteiger partial charge in [0.05, 0.1) is 6.10 Å². The summed E-state index contributed by atoms with van der Waals surface area (Å²) in [5.74, 6) is -0.715. The standard InChI is InChI=1S/C24H38O3/c1-2-3-4-5-6-7-18-23(25)19-12-10-16-21-14-8-9-15-22(21)17-11-13-20-24(26)27/h8-9,12,14-15,19,23,25H,2-7,10-11,13,16-18,20H2,1H3,(H,26,27)/b19-12+. The number of benzene rings is 1. The third-order valence-corrected chi connectivity index (χ3v) is 5.00. The van der Waals surface area contributed by atoms with Crippen LogP contribution in [0.25, 0.3) is 0 Å². The molecule has 1 unspecified atom stereocenters. The molecular weight excluding hydrogens is 336 g/mol. The summed E-state index contributed by atoms with van der Waals surface area (Å²) in [4.78, 5) is 10.6. The number of unbranched alkanes of at least 4 members (excludes halogenated alkanes) is 6. The summed E-state index contributed by atoms with van der Waals surface area (Å²) in [5.41, 5.74) is 2.66. The largest absolute Gasteiger partial charge is 0.481 e. The molecular formula is C24H38O3. The fourth-order valence-corrected chi connectivity index (χ4v) is 3.36. The monoisotopic (exact) mass is 374 g/mol. The summed E-state index contributed by atoms with van der Waals surface area (Å²) in [7, 11) is 0. The normalized spacial score (nSPS) is 12.5. The maximum Gasteiger partial charge on any atom is 0.303 e. The van der Waals surface area contributed by atoms with Crippen LogP contribution < -0.4 is 0 Å². The number of aliphatic hydroxyl groups is 1. The van der Waals surface area contributed by atoms with Crippen LogP contribution in [0.1, 0.15) is 88.7 Å². The lowest BCUT2D eigenvalue weighted by Crippen LogP contribution is -2.01. The van der Waals surface area contributed by atoms with Crippen LogP contribution in [0.15, 0.2) is 36.4 Å². The van der Waals surface area contributed by atoms with Crippen molar-refractivity contribution in [3.8, 4) is 0 Å². The average Bonchev–Trinajstić information content (AvgIpc) is 2.66. The topological polar surface area (TPSA) is 57.5 Å². The average molecular weight is 375 g/mol. The second-order valence-corrected chi connectivity index (χ2v) is 7.46. The third kappa shape index (κ3) is 12.4. The lowest BCUT2D eigenvalue weighted by molar-refractivity contribution is -0.137. The van der Waals surface area contributed by atoms with Crippen molar-refractivity contribution in [2.45, 2.75) is 96.5 Å². The molecule has 1 rings (SSSR count). The van der Waals surface area contributed by atoms with Crippen molar-refractivity contribution in [3.05, 3.63) is 47.5 Å². The number of hydrogen-bond acceptors (Lipinski definition) is 2. The molecule has 0 saturated heterocycles. The molecule has 3 nitrogen and oxygen atoms in total. The van der Waals surface area contributed by atoms with E-state index in [1.165, 1.54) is 43.2 Å². The van der Waals surface area contributed by atoms with E-state index in [2.05, 4.69) is 37.3 Å². The van der Waals surface area contributed by atoms with Gasteiger partial charge in [0.15, 0.2) is 0 Å². The van der Waals surface area contributed by atoms with Crippen LogP contribution in [0.3, 0.4) is 0 Å². The zero-order valence-corrected chi connectivity index (χ0v) is 17.0. The molecule has 0 aliphatic heterocycles. The van der Waals surface area contributed by atoms with E-state index in [9.17, 15) is 9.90 Å². The maximum absolute atomic E-state index is 10.6. The Labute approximate surface area is 165 Å². The van der Waals surface area contributed by atoms with Gasteiger partial charge in [0.1, 0.15) is 0 Å². The first-order valence-electron chi connectivity index (χ1n) is 10.8. The number of hydrogen-bond donors (Lipinski definition) is 2. The Morgan fingerprint density at radius 3 is 2.33 bits per heavy atom. The highest BCUT2D eigenvalue weighted by atomic mass is 16.4. The van der Waals surface area contributed by atoms with E-state index in [-0.39, 0.29) is 12.5 Å². The van der Waals surface area contributed by atoms with Crippen molar-refractivity contribution in [1.82, 2.24) is 0 Å². The van der Waals surface area contributed by atoms with Crippen molar-refractivity contribution >= 4 is 5.97 Å². The van der Waals surface area contributed by atoms with E-state index in [0.29, 0.717) is 0 Å². The van der Waals surface area contributed by atoms with Crippen LogP contribution >= 0.6 is 0 Å². The fraction of sp³-hybridized carbons (Fsp3) is 0.625. The molecule has 0 fully saturated rings. The molecule has 0 heterocycles. The molecule has 0 saturated carbocycles. The Morgan fingerprint density at radius 2 is 1.63 bits per heavy atom. The van der Waals surface area contributed by atoms with E-state index in [1.807, 2.05) is 6.08 Å². The van der Waals surface area contributed by atoms with Gasteiger partial charge in [-0.15, -0.1) is 0 Å². The number of rotatable bonds is 16. The number of aliphatic carboxylic acids is 1. The van der Waals surface area contributed by atoms with Crippen LogP contribution in [0, 0.1) is 0 Å². The minimum atomic E-state index is -0.715. The van der Waals surface area contributed by atoms with Gasteiger partial charge < -0.3 is 10.2 Å². The number of allylic oxidation sites excluding steroid dienone is 1. The molecule has 152 valence electrons. The maximum atomic E-state index is 10.6. The van der Waals surface area contributed by atoms with Gasteiger partial charge in [-0.1, -0.05) is 81.9 Å². The number of aliphatic hydroxyl groups excluding tert-OH is 1. The fourth-order valence-electron chi connectivity index (χ4n) is 3.36. The van der Waals surface area contributed by atoms with Gasteiger partial charge in [0.2, 0.25) is 0 Å². The van der Waals surface area contributed by atoms with Crippen molar-refractivity contribution in [2.75, 3.05) is 0 Å². The summed E-state index contributed by atoms with van der Waals surface area (Å²) in [5, 5.41) is 18.8. The van der Waals surface area contributed by atoms with Gasteiger partial charge in [0, 0.05) is 6.42 Å². The van der Waals surface area contributed by atoms with Crippen LogP contribution in [-0.4, -0.2) is 22.3 Å². The number of carboxylic acids is 1. The Morgan fingerprint density at radius 1 is 0.963 bits per heavy atom. The zero-order chi connectivity index (χ0) is 19.7. The second-order valence-electron chi connectivity index (χ2n) is 7.46. The van der Waals surface area contributed by atoms with E-state index >= 15 is 0 Å². The molecule has 2 N–H and O–H groups in total. The van der Waals surface area contributed by atoms with Crippen LogP contribution in [0.2, 0.25) is 0 Å². The van der Waals surface area contributed by atoms with E-state index in [1.54, 1.807) is 0 Å². The first-order chi connectivity index (χ1) is 13.1. The van der Waals surface area contributed by atoms with Crippen molar-refractivity contribution < 1.29 is 15.0 Å². The van der Waals surface area contributed by atoms with Crippen molar-refractivity contribution in [2.24, 2.45) is 0 Å². The van der Waals surface area contributed by atoms with Gasteiger partial charge in [-0.05, 0) is 49.7 Å². The quantitative estimate of drug-likeness (QED) is 0.272. The summed E-state index contributed by atoms with van der Waals surface area (Å²) in [6.07, 6.45) is 16.9. The SMILES string of the molecule is CCCCCCCCC(O)/C=C/CCc1ccccc1CCCCC(=O)O. The van der Waals surface area contributed by atoms with Crippen LogP contribution in [0.5, 0.6) is 0 Å². The van der Waals surface area contributed by atoms with E-state index in [4.69, 9.17) is 5.11 Å². The number of carboxylic acid groups (broad SMARTS) is 1. The first kappa shape index (κ1) is 23.4. The molecule has 1 aromatic carbocycles. The number of aryl methyl sites for hydroxylation is 2. The third-order valence-electron chi connectivity index (χ3n) is 5.00. The Hall–Kier alpha value is -1.61. The highest BCUT2D eigenvalue weighted by Gasteiger charge is 2.03. The Bertz CT molecular complexity index is 536. The highest BCUT2D eigenvalue weighted by molar-refractivity contribution is 5.66. The van der Waals surface area contributed by atoms with Gasteiger partial charge in [-0.2, -0.15) is 0 Å². The van der Waals surface area contributed by atoms with Gasteiger partial charge in [-0.3, -0.25) is 4.79 Å². The molecule has 27 heavy (non-hydrogen) atoms. The summed E-state index contributed by atoms with van der Waals surface area (Å²) in [6, 6.07) is 8.42. The van der Waals surface area contributed by atoms with Crippen molar-refractivity contribution in [3.63, 3.8) is 0 Å². The summed E-state index contributed by atoms with van der Waals surface area (Å²) < 4.78 is 0. The Balaban J connectivity index is 2.24. The molecule has 0 spiro atoms. The molecule has 0 radical (unpaired) electrons. The lowest BCUT2D eigenvalue weighted by Gasteiger charge is -2.09. The second kappa shape index (κ2) is 15.4. The molecule has 0 aliphatic rings.